The Morgan fingerprint density at radius 2 is 2.21 bits per heavy atom. The van der Waals surface area contributed by atoms with Gasteiger partial charge in [-0.25, -0.2) is 4.79 Å². The number of nitrogens with one attached hydrogen (secondary N) is 2. The summed E-state index contributed by atoms with van der Waals surface area (Å²) in [6, 6.07) is 5.77. The monoisotopic (exact) mass is 261 g/mol. The van der Waals surface area contributed by atoms with Crippen molar-refractivity contribution in [1.82, 2.24) is 15.6 Å². The molecule has 0 bridgehead atoms. The number of aromatic nitrogens is 1. The molecule has 1 aromatic rings. The molecule has 1 aliphatic carbocycles. The molecule has 0 aromatic carbocycles. The van der Waals surface area contributed by atoms with Crippen molar-refractivity contribution in [3.63, 3.8) is 0 Å². The molecule has 0 unspecified atom stereocenters. The van der Waals surface area contributed by atoms with Crippen LogP contribution in [-0.2, 0) is 6.42 Å². The lowest BCUT2D eigenvalue weighted by molar-refractivity contribution is 0.237. The molecular formula is C15H23N3O. The molecule has 1 aliphatic rings. The van der Waals surface area contributed by atoms with E-state index < -0.39 is 0 Å². The Hall–Kier alpha value is -1.58. The van der Waals surface area contributed by atoms with Gasteiger partial charge in [0.25, 0.3) is 0 Å². The molecule has 4 heteroatoms. The van der Waals surface area contributed by atoms with Crippen LogP contribution in [0.25, 0.3) is 0 Å². The highest BCUT2D eigenvalue weighted by Gasteiger charge is 2.41. The first-order chi connectivity index (χ1) is 9.24. The van der Waals surface area contributed by atoms with E-state index in [-0.39, 0.29) is 6.03 Å². The Kier molecular flexibility index (Phi) is 4.77. The van der Waals surface area contributed by atoms with Gasteiger partial charge >= 0.3 is 6.03 Å². The summed E-state index contributed by atoms with van der Waals surface area (Å²) in [6.07, 6.45) is 7.49. The van der Waals surface area contributed by atoms with Crippen LogP contribution in [0.1, 0.15) is 38.3 Å². The lowest BCUT2D eigenvalue weighted by Gasteiger charge is -2.15. The Labute approximate surface area is 115 Å². The number of rotatable bonds is 7. The fourth-order valence-electron chi connectivity index (χ4n) is 2.40. The first-order valence-corrected chi connectivity index (χ1v) is 7.16. The van der Waals surface area contributed by atoms with Crippen LogP contribution in [0.3, 0.4) is 0 Å². The maximum absolute atomic E-state index is 11.7. The Morgan fingerprint density at radius 3 is 2.84 bits per heavy atom. The lowest BCUT2D eigenvalue weighted by Crippen LogP contribution is -2.39. The van der Waals surface area contributed by atoms with Gasteiger partial charge < -0.3 is 10.6 Å². The van der Waals surface area contributed by atoms with Gasteiger partial charge in [0, 0.05) is 31.4 Å². The summed E-state index contributed by atoms with van der Waals surface area (Å²) in [7, 11) is 0. The summed E-state index contributed by atoms with van der Waals surface area (Å²) in [4.78, 5) is 15.9. The average molecular weight is 261 g/mol. The highest BCUT2D eigenvalue weighted by Crippen LogP contribution is 2.48. The van der Waals surface area contributed by atoms with Crippen molar-refractivity contribution in [2.75, 3.05) is 13.1 Å². The zero-order valence-corrected chi connectivity index (χ0v) is 11.6. The summed E-state index contributed by atoms with van der Waals surface area (Å²) >= 11 is 0. The van der Waals surface area contributed by atoms with E-state index in [4.69, 9.17) is 0 Å². The van der Waals surface area contributed by atoms with E-state index in [2.05, 4.69) is 22.5 Å². The van der Waals surface area contributed by atoms with Gasteiger partial charge in [-0.1, -0.05) is 19.4 Å². The molecule has 0 saturated heterocycles. The van der Waals surface area contributed by atoms with Crippen molar-refractivity contribution in [1.29, 1.82) is 0 Å². The van der Waals surface area contributed by atoms with Crippen LogP contribution in [0.2, 0.25) is 0 Å². The van der Waals surface area contributed by atoms with Gasteiger partial charge in [0.15, 0.2) is 0 Å². The van der Waals surface area contributed by atoms with Crippen LogP contribution < -0.4 is 10.6 Å². The van der Waals surface area contributed by atoms with Crippen molar-refractivity contribution < 1.29 is 4.79 Å². The van der Waals surface area contributed by atoms with Crippen LogP contribution in [0.15, 0.2) is 24.4 Å². The van der Waals surface area contributed by atoms with E-state index in [9.17, 15) is 4.79 Å². The molecule has 0 atom stereocenters. The van der Waals surface area contributed by atoms with Gasteiger partial charge in [0.05, 0.1) is 0 Å². The van der Waals surface area contributed by atoms with Crippen LogP contribution >= 0.6 is 0 Å². The van der Waals surface area contributed by atoms with Gasteiger partial charge in [0.1, 0.15) is 0 Å². The first-order valence-electron chi connectivity index (χ1n) is 7.16. The van der Waals surface area contributed by atoms with Gasteiger partial charge in [-0.15, -0.1) is 0 Å². The van der Waals surface area contributed by atoms with E-state index in [0.29, 0.717) is 12.0 Å². The molecule has 1 heterocycles. The molecule has 0 radical (unpaired) electrons. The highest BCUT2D eigenvalue weighted by molar-refractivity contribution is 5.73. The summed E-state index contributed by atoms with van der Waals surface area (Å²) in [5.74, 6) is 0. The van der Waals surface area contributed by atoms with Crippen LogP contribution in [0.5, 0.6) is 0 Å². The quantitative estimate of drug-likeness (QED) is 0.792. The predicted molar refractivity (Wildman–Crippen MR) is 75.9 cm³/mol. The summed E-state index contributed by atoms with van der Waals surface area (Å²) in [5, 5.41) is 5.87. The third-order valence-electron chi connectivity index (χ3n) is 3.75. The van der Waals surface area contributed by atoms with Crippen LogP contribution in [-0.4, -0.2) is 24.1 Å². The topological polar surface area (TPSA) is 54.0 Å². The molecule has 0 aliphatic heterocycles. The van der Waals surface area contributed by atoms with Gasteiger partial charge in [0.2, 0.25) is 0 Å². The van der Waals surface area contributed by atoms with E-state index in [1.807, 2.05) is 18.2 Å². The molecule has 0 spiro atoms. The minimum Gasteiger partial charge on any atom is -0.338 e. The molecule has 1 saturated carbocycles. The lowest BCUT2D eigenvalue weighted by atomic mass is 10.0. The van der Waals surface area contributed by atoms with Gasteiger partial charge in [-0.2, -0.15) is 0 Å². The number of amides is 2. The van der Waals surface area contributed by atoms with Crippen molar-refractivity contribution in [2.24, 2.45) is 5.41 Å². The number of pyridine rings is 1. The van der Waals surface area contributed by atoms with Crippen LogP contribution in [0, 0.1) is 5.41 Å². The molecule has 19 heavy (non-hydrogen) atoms. The average Bonchev–Trinajstić information content (AvgIpc) is 3.19. The second-order valence-electron chi connectivity index (χ2n) is 5.43. The highest BCUT2D eigenvalue weighted by atomic mass is 16.2. The molecule has 104 valence electrons. The van der Waals surface area contributed by atoms with Crippen molar-refractivity contribution in [3.05, 3.63) is 30.1 Å². The number of hydrogen-bond donors (Lipinski definition) is 2. The maximum atomic E-state index is 11.7. The molecule has 1 aromatic heterocycles. The smallest absolute Gasteiger partial charge is 0.314 e. The van der Waals surface area contributed by atoms with E-state index >= 15 is 0 Å². The maximum Gasteiger partial charge on any atom is 0.314 e. The van der Waals surface area contributed by atoms with E-state index in [0.717, 1.165) is 18.7 Å². The Morgan fingerprint density at radius 1 is 1.37 bits per heavy atom. The second kappa shape index (κ2) is 6.55. The fraction of sp³-hybridized carbons (Fsp3) is 0.600. The van der Waals surface area contributed by atoms with Gasteiger partial charge in [-0.3, -0.25) is 4.98 Å². The van der Waals surface area contributed by atoms with Gasteiger partial charge in [-0.05, 0) is 36.8 Å². The Balaban J connectivity index is 1.60. The van der Waals surface area contributed by atoms with Crippen molar-refractivity contribution >= 4 is 6.03 Å². The number of nitrogens with zero attached hydrogens (tertiary/aromatic N) is 1. The Bertz CT molecular complexity index is 401. The molecule has 1 fully saturated rings. The summed E-state index contributed by atoms with van der Waals surface area (Å²) < 4.78 is 0. The standard InChI is InChI=1S/C15H23N3O/c1-2-7-15(8-9-15)12-18-14(19)17-11-6-13-5-3-4-10-16-13/h3-5,10H,2,6-9,11-12H2,1H3,(H2,17,18,19). The molecular weight excluding hydrogens is 238 g/mol. The fourth-order valence-corrected chi connectivity index (χ4v) is 2.40. The third-order valence-corrected chi connectivity index (χ3v) is 3.75. The number of hydrogen-bond acceptors (Lipinski definition) is 2. The number of carbonyl (C=O) groups is 1. The van der Waals surface area contributed by atoms with Crippen LogP contribution in [0.4, 0.5) is 4.79 Å². The van der Waals surface area contributed by atoms with E-state index in [1.54, 1.807) is 6.20 Å². The summed E-state index contributed by atoms with van der Waals surface area (Å²) in [5.41, 5.74) is 1.42. The number of carbonyl (C=O) groups excluding carboxylic acids is 1. The number of urea groups is 1. The molecule has 2 N–H and O–H groups in total. The largest absolute Gasteiger partial charge is 0.338 e. The third kappa shape index (κ3) is 4.54. The normalized spacial score (nSPS) is 15.8. The zero-order chi connectivity index (χ0) is 13.6. The SMILES string of the molecule is CCCC1(CNC(=O)NCCc2ccccn2)CC1. The second-order valence-corrected chi connectivity index (χ2v) is 5.43. The zero-order valence-electron chi connectivity index (χ0n) is 11.6. The molecule has 2 amide bonds. The molecule has 2 rings (SSSR count). The molecule has 4 nitrogen and oxygen atoms in total. The van der Waals surface area contributed by atoms with E-state index in [1.165, 1.54) is 25.7 Å². The predicted octanol–water partition coefficient (Wildman–Crippen LogP) is 2.50. The van der Waals surface area contributed by atoms with Crippen molar-refractivity contribution in [3.8, 4) is 0 Å². The summed E-state index contributed by atoms with van der Waals surface area (Å²) in [6.45, 7) is 3.65. The minimum atomic E-state index is -0.0571. The minimum absolute atomic E-state index is 0.0571. The first kappa shape index (κ1) is 13.8. The van der Waals surface area contributed by atoms with Crippen molar-refractivity contribution in [2.45, 2.75) is 39.0 Å².